The summed E-state index contributed by atoms with van der Waals surface area (Å²) in [5.41, 5.74) is 5.52. The van der Waals surface area contributed by atoms with Crippen molar-refractivity contribution in [3.8, 4) is 0 Å². The number of anilines is 1. The maximum Gasteiger partial charge on any atom is 0.264 e. The molecule has 6 nitrogen and oxygen atoms in total. The number of halogens is 1. The average molecular weight is 456 g/mol. The van der Waals surface area contributed by atoms with Crippen molar-refractivity contribution in [3.05, 3.63) is 94.5 Å². The zero-order valence-corrected chi connectivity index (χ0v) is 18.7. The Balaban J connectivity index is 1.83. The number of carbonyl (C=O) groups is 1. The van der Waals surface area contributed by atoms with Crippen LogP contribution in [0.5, 0.6) is 0 Å². The van der Waals surface area contributed by atoms with Gasteiger partial charge in [0, 0.05) is 5.02 Å². The van der Waals surface area contributed by atoms with Gasteiger partial charge in [-0.05, 0) is 49.7 Å². The molecule has 0 atom stereocenters. The standard InChI is InChI=1S/C23H22ClN3O3S/c1-17-6-10-19(11-7-17)15-25-26-23(28)16-27(21-5-3-4-20(24)14-21)31(29,30)22-12-8-18(2)9-13-22/h3-15H,16H2,1-2H3,(H,26,28)/b25-15-. The van der Waals surface area contributed by atoms with Gasteiger partial charge in [-0.3, -0.25) is 9.10 Å². The van der Waals surface area contributed by atoms with Gasteiger partial charge < -0.3 is 0 Å². The lowest BCUT2D eigenvalue weighted by molar-refractivity contribution is -0.119. The van der Waals surface area contributed by atoms with Crippen molar-refractivity contribution in [1.29, 1.82) is 0 Å². The summed E-state index contributed by atoms with van der Waals surface area (Å²) in [4.78, 5) is 12.6. The molecule has 3 rings (SSSR count). The molecular formula is C23H22ClN3O3S. The van der Waals surface area contributed by atoms with Crippen LogP contribution in [-0.4, -0.2) is 27.1 Å². The Kier molecular flexibility index (Phi) is 7.09. The lowest BCUT2D eigenvalue weighted by Crippen LogP contribution is -2.39. The molecule has 31 heavy (non-hydrogen) atoms. The van der Waals surface area contributed by atoms with Gasteiger partial charge in [0.05, 0.1) is 16.8 Å². The Morgan fingerprint density at radius 3 is 2.23 bits per heavy atom. The normalized spacial score (nSPS) is 11.5. The molecule has 160 valence electrons. The molecule has 0 bridgehead atoms. The molecule has 0 radical (unpaired) electrons. The maximum absolute atomic E-state index is 13.3. The summed E-state index contributed by atoms with van der Waals surface area (Å²) >= 11 is 6.06. The van der Waals surface area contributed by atoms with E-state index >= 15 is 0 Å². The van der Waals surface area contributed by atoms with Gasteiger partial charge in [0.15, 0.2) is 0 Å². The first-order valence-corrected chi connectivity index (χ1v) is 11.3. The molecule has 1 N–H and O–H groups in total. The fraction of sp³-hybridized carbons (Fsp3) is 0.130. The number of amides is 1. The Labute approximate surface area is 187 Å². The van der Waals surface area contributed by atoms with E-state index in [4.69, 9.17) is 11.6 Å². The van der Waals surface area contributed by atoms with Crippen LogP contribution in [0.1, 0.15) is 16.7 Å². The highest BCUT2D eigenvalue weighted by atomic mass is 35.5. The second-order valence-electron chi connectivity index (χ2n) is 7.01. The minimum absolute atomic E-state index is 0.0778. The van der Waals surface area contributed by atoms with Crippen LogP contribution in [0.15, 0.2) is 82.8 Å². The molecule has 0 aliphatic rings. The molecule has 3 aromatic carbocycles. The fourth-order valence-electron chi connectivity index (χ4n) is 2.78. The summed E-state index contributed by atoms with van der Waals surface area (Å²) in [6.07, 6.45) is 1.50. The topological polar surface area (TPSA) is 78.8 Å². The van der Waals surface area contributed by atoms with E-state index in [0.717, 1.165) is 21.0 Å². The van der Waals surface area contributed by atoms with Crippen LogP contribution in [0.3, 0.4) is 0 Å². The molecule has 0 heterocycles. The van der Waals surface area contributed by atoms with E-state index in [9.17, 15) is 13.2 Å². The Morgan fingerprint density at radius 2 is 1.61 bits per heavy atom. The summed E-state index contributed by atoms with van der Waals surface area (Å²) in [7, 11) is -4.00. The van der Waals surface area contributed by atoms with Crippen molar-refractivity contribution in [2.45, 2.75) is 18.7 Å². The number of benzene rings is 3. The lowest BCUT2D eigenvalue weighted by atomic mass is 10.2. The van der Waals surface area contributed by atoms with E-state index < -0.39 is 22.5 Å². The van der Waals surface area contributed by atoms with Crippen molar-refractivity contribution >= 4 is 39.4 Å². The average Bonchev–Trinajstić information content (AvgIpc) is 2.73. The molecule has 0 aliphatic carbocycles. The van der Waals surface area contributed by atoms with Crippen LogP contribution in [0.25, 0.3) is 0 Å². The number of hydrogen-bond acceptors (Lipinski definition) is 4. The third-order valence-electron chi connectivity index (χ3n) is 4.47. The van der Waals surface area contributed by atoms with E-state index in [2.05, 4.69) is 10.5 Å². The molecule has 0 saturated heterocycles. The van der Waals surface area contributed by atoms with Gasteiger partial charge in [-0.2, -0.15) is 5.10 Å². The second kappa shape index (κ2) is 9.76. The summed E-state index contributed by atoms with van der Waals surface area (Å²) < 4.78 is 27.6. The van der Waals surface area contributed by atoms with Gasteiger partial charge >= 0.3 is 0 Å². The molecular weight excluding hydrogens is 434 g/mol. The van der Waals surface area contributed by atoms with E-state index in [1.54, 1.807) is 30.3 Å². The minimum Gasteiger partial charge on any atom is -0.271 e. The lowest BCUT2D eigenvalue weighted by Gasteiger charge is -2.24. The number of hydrazone groups is 1. The summed E-state index contributed by atoms with van der Waals surface area (Å²) in [6, 6.07) is 20.4. The summed E-state index contributed by atoms with van der Waals surface area (Å²) in [5.74, 6) is -0.584. The first-order chi connectivity index (χ1) is 14.8. The number of hydrogen-bond donors (Lipinski definition) is 1. The van der Waals surface area contributed by atoms with E-state index in [1.807, 2.05) is 38.1 Å². The Hall–Kier alpha value is -3.16. The smallest absolute Gasteiger partial charge is 0.264 e. The molecule has 0 spiro atoms. The van der Waals surface area contributed by atoms with Crippen molar-refractivity contribution in [3.63, 3.8) is 0 Å². The number of sulfonamides is 1. The number of carbonyl (C=O) groups excluding carboxylic acids is 1. The molecule has 0 fully saturated rings. The second-order valence-corrected chi connectivity index (χ2v) is 9.31. The van der Waals surface area contributed by atoms with E-state index in [-0.39, 0.29) is 10.6 Å². The van der Waals surface area contributed by atoms with E-state index in [1.165, 1.54) is 24.4 Å². The van der Waals surface area contributed by atoms with Crippen LogP contribution in [-0.2, 0) is 14.8 Å². The molecule has 0 unspecified atom stereocenters. The maximum atomic E-state index is 13.3. The monoisotopic (exact) mass is 455 g/mol. The molecule has 0 aromatic heterocycles. The Bertz CT molecular complexity index is 1190. The molecule has 8 heteroatoms. The fourth-order valence-corrected chi connectivity index (χ4v) is 4.38. The predicted molar refractivity (Wildman–Crippen MR) is 124 cm³/mol. The zero-order chi connectivity index (χ0) is 22.4. The van der Waals surface area contributed by atoms with Crippen molar-refractivity contribution in [2.24, 2.45) is 5.10 Å². The first-order valence-electron chi connectivity index (χ1n) is 9.49. The van der Waals surface area contributed by atoms with Gasteiger partial charge in [0.25, 0.3) is 15.9 Å². The number of nitrogens with zero attached hydrogens (tertiary/aromatic N) is 2. The van der Waals surface area contributed by atoms with Gasteiger partial charge in [0.2, 0.25) is 0 Å². The van der Waals surface area contributed by atoms with Crippen LogP contribution in [0.2, 0.25) is 5.02 Å². The van der Waals surface area contributed by atoms with Crippen molar-refractivity contribution in [1.82, 2.24) is 5.43 Å². The van der Waals surface area contributed by atoms with Gasteiger partial charge in [-0.15, -0.1) is 0 Å². The predicted octanol–water partition coefficient (Wildman–Crippen LogP) is 4.30. The van der Waals surface area contributed by atoms with Gasteiger partial charge in [-0.1, -0.05) is 65.2 Å². The van der Waals surface area contributed by atoms with Crippen LogP contribution >= 0.6 is 11.6 Å². The molecule has 1 amide bonds. The molecule has 0 saturated carbocycles. The van der Waals surface area contributed by atoms with Crippen LogP contribution < -0.4 is 9.73 Å². The highest BCUT2D eigenvalue weighted by Crippen LogP contribution is 2.26. The quantitative estimate of drug-likeness (QED) is 0.426. The molecule has 0 aliphatic heterocycles. The SMILES string of the molecule is Cc1ccc(/C=N\NC(=O)CN(c2cccc(Cl)c2)S(=O)(=O)c2ccc(C)cc2)cc1. The summed E-state index contributed by atoms with van der Waals surface area (Å²) in [6.45, 7) is 3.38. The van der Waals surface area contributed by atoms with Crippen molar-refractivity contribution < 1.29 is 13.2 Å². The van der Waals surface area contributed by atoms with Crippen LogP contribution in [0.4, 0.5) is 5.69 Å². The highest BCUT2D eigenvalue weighted by Gasteiger charge is 2.27. The van der Waals surface area contributed by atoms with Crippen LogP contribution in [0, 0.1) is 13.8 Å². The van der Waals surface area contributed by atoms with Crippen molar-refractivity contribution in [2.75, 3.05) is 10.8 Å². The third kappa shape index (κ3) is 5.93. The summed E-state index contributed by atoms with van der Waals surface area (Å²) in [5, 5.41) is 4.29. The van der Waals surface area contributed by atoms with E-state index in [0.29, 0.717) is 5.02 Å². The zero-order valence-electron chi connectivity index (χ0n) is 17.1. The minimum atomic E-state index is -4.00. The largest absolute Gasteiger partial charge is 0.271 e. The third-order valence-corrected chi connectivity index (χ3v) is 6.50. The highest BCUT2D eigenvalue weighted by molar-refractivity contribution is 7.92. The number of nitrogens with one attached hydrogen (secondary N) is 1. The molecule has 3 aromatic rings. The van der Waals surface area contributed by atoms with Gasteiger partial charge in [-0.25, -0.2) is 13.8 Å². The Morgan fingerprint density at radius 1 is 1.00 bits per heavy atom. The first kappa shape index (κ1) is 22.5. The van der Waals surface area contributed by atoms with Gasteiger partial charge in [0.1, 0.15) is 6.54 Å². The number of rotatable bonds is 7. The number of aryl methyl sites for hydroxylation is 2.